The average Bonchev–Trinajstić information content (AvgIpc) is 2.77. The van der Waals surface area contributed by atoms with E-state index in [1.54, 1.807) is 0 Å². The van der Waals surface area contributed by atoms with E-state index in [-0.39, 0.29) is 47.3 Å². The van der Waals surface area contributed by atoms with E-state index < -0.39 is 0 Å². The first-order valence-corrected chi connectivity index (χ1v) is 10.2. The number of rotatable bonds is 7. The van der Waals surface area contributed by atoms with Crippen LogP contribution in [0.4, 0.5) is 0 Å². The van der Waals surface area contributed by atoms with Crippen molar-refractivity contribution in [3.63, 3.8) is 0 Å². The summed E-state index contributed by atoms with van der Waals surface area (Å²) in [5, 5.41) is 45.6. The zero-order chi connectivity index (χ0) is 23.8. The first-order valence-electron chi connectivity index (χ1n) is 10.2. The number of aromatic hydroxyl groups is 4. The van der Waals surface area contributed by atoms with Gasteiger partial charge in [0, 0.05) is 29.2 Å². The maximum Gasteiger partial charge on any atom is 0.254 e. The first-order chi connectivity index (χ1) is 15.8. The van der Waals surface area contributed by atoms with Crippen LogP contribution in [0.1, 0.15) is 24.0 Å². The van der Waals surface area contributed by atoms with E-state index >= 15 is 0 Å². The van der Waals surface area contributed by atoms with Crippen LogP contribution in [0.5, 0.6) is 23.0 Å². The van der Waals surface area contributed by atoms with Crippen LogP contribution in [-0.4, -0.2) is 69.2 Å². The van der Waals surface area contributed by atoms with E-state index in [0.717, 1.165) is 0 Å². The van der Waals surface area contributed by atoms with Gasteiger partial charge in [0.1, 0.15) is 23.0 Å². The van der Waals surface area contributed by atoms with Gasteiger partial charge in [-0.15, -0.1) is 0 Å². The zero-order valence-electron chi connectivity index (χ0n) is 17.7. The lowest BCUT2D eigenvalue weighted by Gasteiger charge is -2.30. The molecule has 33 heavy (non-hydrogen) atoms. The second-order valence-electron chi connectivity index (χ2n) is 7.56. The number of piperidine rings is 1. The lowest BCUT2D eigenvalue weighted by molar-refractivity contribution is -0.126. The maximum absolute atomic E-state index is 12.3. The summed E-state index contributed by atoms with van der Waals surface area (Å²) in [6.45, 7) is 1.22. The molecule has 11 heteroatoms. The Morgan fingerprint density at radius 2 is 1.39 bits per heavy atom. The molecule has 1 aliphatic heterocycles. The van der Waals surface area contributed by atoms with Crippen molar-refractivity contribution in [2.75, 3.05) is 19.6 Å². The molecule has 3 rings (SSSR count). The molecule has 0 radical (unpaired) electrons. The number of phenols is 4. The van der Waals surface area contributed by atoms with Gasteiger partial charge in [0.2, 0.25) is 5.91 Å². The summed E-state index contributed by atoms with van der Waals surface area (Å²) in [4.78, 5) is 26.3. The van der Waals surface area contributed by atoms with E-state index in [0.29, 0.717) is 37.1 Å². The SMILES string of the molecule is O=C(CN1CCC(C(=O)NN=Cc2ccc(O)cc2O)CC1)NN=Cc1ccc(O)cc1O. The van der Waals surface area contributed by atoms with Crippen molar-refractivity contribution >= 4 is 24.2 Å². The molecule has 0 bridgehead atoms. The summed E-state index contributed by atoms with van der Waals surface area (Å²) in [7, 11) is 0. The summed E-state index contributed by atoms with van der Waals surface area (Å²) in [5.74, 6) is -1.27. The third-order valence-corrected chi connectivity index (χ3v) is 5.12. The summed E-state index contributed by atoms with van der Waals surface area (Å²) < 4.78 is 0. The summed E-state index contributed by atoms with van der Waals surface area (Å²) in [6, 6.07) is 8.08. The molecule has 0 aromatic heterocycles. The number of nitrogens with one attached hydrogen (secondary N) is 2. The third kappa shape index (κ3) is 6.94. The molecule has 11 nitrogen and oxygen atoms in total. The van der Waals surface area contributed by atoms with Gasteiger partial charge < -0.3 is 20.4 Å². The molecule has 2 aromatic rings. The molecule has 0 saturated carbocycles. The highest BCUT2D eigenvalue weighted by Crippen LogP contribution is 2.22. The van der Waals surface area contributed by atoms with Gasteiger partial charge >= 0.3 is 0 Å². The Kier molecular flexibility index (Phi) is 7.82. The molecule has 1 aliphatic rings. The fraction of sp³-hybridized carbons (Fsp3) is 0.273. The van der Waals surface area contributed by atoms with Crippen LogP contribution in [0, 0.1) is 5.92 Å². The highest BCUT2D eigenvalue weighted by atomic mass is 16.3. The lowest BCUT2D eigenvalue weighted by Crippen LogP contribution is -2.43. The van der Waals surface area contributed by atoms with Crippen LogP contribution in [0.2, 0.25) is 0 Å². The predicted octanol–water partition coefficient (Wildman–Crippen LogP) is 0.821. The summed E-state index contributed by atoms with van der Waals surface area (Å²) >= 11 is 0. The van der Waals surface area contributed by atoms with Crippen molar-refractivity contribution < 1.29 is 30.0 Å². The van der Waals surface area contributed by atoms with Crippen LogP contribution < -0.4 is 10.9 Å². The number of nitrogens with zero attached hydrogens (tertiary/aromatic N) is 3. The minimum atomic E-state index is -0.328. The molecule has 2 aromatic carbocycles. The van der Waals surface area contributed by atoms with Crippen LogP contribution >= 0.6 is 0 Å². The minimum Gasteiger partial charge on any atom is -0.508 e. The third-order valence-electron chi connectivity index (χ3n) is 5.12. The molecule has 1 fully saturated rings. The highest BCUT2D eigenvalue weighted by molar-refractivity contribution is 5.86. The molecule has 1 saturated heterocycles. The number of amides is 2. The predicted molar refractivity (Wildman–Crippen MR) is 120 cm³/mol. The van der Waals surface area contributed by atoms with Crippen LogP contribution in [0.25, 0.3) is 0 Å². The molecule has 2 amide bonds. The summed E-state index contributed by atoms with van der Waals surface area (Å²) in [5.41, 5.74) is 5.55. The van der Waals surface area contributed by atoms with Crippen molar-refractivity contribution in [3.8, 4) is 23.0 Å². The Bertz CT molecular complexity index is 1060. The van der Waals surface area contributed by atoms with Gasteiger partial charge in [0.05, 0.1) is 19.0 Å². The largest absolute Gasteiger partial charge is 0.508 e. The smallest absolute Gasteiger partial charge is 0.254 e. The lowest BCUT2D eigenvalue weighted by atomic mass is 9.96. The molecular weight excluding hydrogens is 430 g/mol. The molecule has 6 N–H and O–H groups in total. The number of carbonyl (C=O) groups excluding carboxylic acids is 2. The number of hydrogen-bond donors (Lipinski definition) is 6. The second-order valence-corrected chi connectivity index (χ2v) is 7.56. The van der Waals surface area contributed by atoms with Gasteiger partial charge in [-0.25, -0.2) is 10.9 Å². The minimum absolute atomic E-state index is 0.0717. The van der Waals surface area contributed by atoms with Crippen molar-refractivity contribution in [3.05, 3.63) is 47.5 Å². The Morgan fingerprint density at radius 1 is 0.879 bits per heavy atom. The van der Waals surface area contributed by atoms with Gasteiger partial charge in [-0.2, -0.15) is 10.2 Å². The van der Waals surface area contributed by atoms with E-state index in [1.165, 1.54) is 48.8 Å². The quantitative estimate of drug-likeness (QED) is 0.265. The van der Waals surface area contributed by atoms with Crippen molar-refractivity contribution in [1.82, 2.24) is 15.8 Å². The van der Waals surface area contributed by atoms with Crippen LogP contribution in [-0.2, 0) is 9.59 Å². The van der Waals surface area contributed by atoms with Gasteiger partial charge in [0.25, 0.3) is 5.91 Å². The highest BCUT2D eigenvalue weighted by Gasteiger charge is 2.25. The van der Waals surface area contributed by atoms with Gasteiger partial charge in [-0.1, -0.05) is 0 Å². The summed E-state index contributed by atoms with van der Waals surface area (Å²) in [6.07, 6.45) is 3.69. The first kappa shape index (κ1) is 23.5. The van der Waals surface area contributed by atoms with E-state index in [1.807, 2.05) is 4.90 Å². The zero-order valence-corrected chi connectivity index (χ0v) is 17.7. The Balaban J connectivity index is 1.39. The van der Waals surface area contributed by atoms with Crippen molar-refractivity contribution in [2.45, 2.75) is 12.8 Å². The Morgan fingerprint density at radius 3 is 1.91 bits per heavy atom. The monoisotopic (exact) mass is 455 g/mol. The van der Waals surface area contributed by atoms with E-state index in [2.05, 4.69) is 21.1 Å². The molecular formula is C22H25N5O6. The maximum atomic E-state index is 12.3. The number of benzene rings is 2. The topological polar surface area (TPSA) is 167 Å². The average molecular weight is 455 g/mol. The van der Waals surface area contributed by atoms with Gasteiger partial charge in [-0.05, 0) is 50.2 Å². The van der Waals surface area contributed by atoms with Crippen LogP contribution in [0.3, 0.4) is 0 Å². The molecule has 174 valence electrons. The molecule has 0 atom stereocenters. The van der Waals surface area contributed by atoms with Crippen molar-refractivity contribution in [1.29, 1.82) is 0 Å². The fourth-order valence-electron chi connectivity index (χ4n) is 3.30. The second kappa shape index (κ2) is 11.0. The van der Waals surface area contributed by atoms with Gasteiger partial charge in [-0.3, -0.25) is 14.5 Å². The number of hydrazone groups is 2. The Labute approximate surface area is 189 Å². The molecule has 1 heterocycles. The molecule has 0 aliphatic carbocycles. The normalized spacial score (nSPS) is 15.2. The van der Waals surface area contributed by atoms with Crippen molar-refractivity contribution in [2.24, 2.45) is 16.1 Å². The number of likely N-dealkylation sites (tertiary alicyclic amines) is 1. The Hall–Kier alpha value is -4.12. The molecule has 0 spiro atoms. The van der Waals surface area contributed by atoms with E-state index in [4.69, 9.17) is 0 Å². The molecule has 0 unspecified atom stereocenters. The number of phenolic OH excluding ortho intramolecular Hbond substituents is 4. The van der Waals surface area contributed by atoms with Crippen LogP contribution in [0.15, 0.2) is 46.6 Å². The fourth-order valence-corrected chi connectivity index (χ4v) is 3.30. The number of hydrogen-bond acceptors (Lipinski definition) is 9. The van der Waals surface area contributed by atoms with Gasteiger partial charge in [0.15, 0.2) is 0 Å². The standard InChI is InChI=1S/C22H25N5O6/c28-17-3-1-15(19(30)9-17)11-23-25-21(32)13-27-7-5-14(6-8-27)22(33)26-24-12-16-2-4-18(29)10-20(16)31/h1-4,9-12,14,28-31H,5-8,13H2,(H,25,32)(H,26,33). The van der Waals surface area contributed by atoms with E-state index in [9.17, 15) is 30.0 Å². The number of carbonyl (C=O) groups is 2.